The fourth-order valence-corrected chi connectivity index (χ4v) is 3.40. The second kappa shape index (κ2) is 4.64. The lowest BCUT2D eigenvalue weighted by Gasteiger charge is -2.05. The average Bonchev–Trinajstić information content (AvgIpc) is 3.06. The zero-order chi connectivity index (χ0) is 12.5. The van der Waals surface area contributed by atoms with Crippen LogP contribution in [0.5, 0.6) is 0 Å². The normalized spacial score (nSPS) is 11.0. The molecular weight excluding hydrogens is 266 g/mol. The number of aliphatic hydroxyl groups excluding tert-OH is 1. The molecule has 2 N–H and O–H groups in total. The van der Waals surface area contributed by atoms with E-state index in [0.717, 1.165) is 32.3 Å². The molecular formula is C12H11N3OS2. The minimum atomic E-state index is 0.0103. The molecule has 3 heterocycles. The highest BCUT2D eigenvalue weighted by Crippen LogP contribution is 2.33. The van der Waals surface area contributed by atoms with E-state index >= 15 is 0 Å². The number of aromatic nitrogens is 2. The van der Waals surface area contributed by atoms with Crippen molar-refractivity contribution in [1.82, 2.24) is 9.97 Å². The van der Waals surface area contributed by atoms with Gasteiger partial charge in [0.05, 0.1) is 16.9 Å². The van der Waals surface area contributed by atoms with Crippen molar-refractivity contribution in [3.05, 3.63) is 28.5 Å². The number of hydrogen-bond donors (Lipinski definition) is 2. The van der Waals surface area contributed by atoms with Crippen LogP contribution in [0.1, 0.15) is 5.56 Å². The Kier molecular flexibility index (Phi) is 2.99. The van der Waals surface area contributed by atoms with Gasteiger partial charge in [-0.25, -0.2) is 9.97 Å². The highest BCUT2D eigenvalue weighted by molar-refractivity contribution is 7.17. The second-order valence-electron chi connectivity index (χ2n) is 3.72. The zero-order valence-electron chi connectivity index (χ0n) is 9.67. The SMILES string of the molecule is CNc1nc(-c2cccs2)nc2scc(CO)c12. The second-order valence-corrected chi connectivity index (χ2v) is 5.53. The fraction of sp³-hybridized carbons (Fsp3) is 0.167. The van der Waals surface area contributed by atoms with Crippen LogP contribution in [0.3, 0.4) is 0 Å². The van der Waals surface area contributed by atoms with Crippen molar-refractivity contribution >= 4 is 38.7 Å². The van der Waals surface area contributed by atoms with Gasteiger partial charge in [0.25, 0.3) is 0 Å². The number of anilines is 1. The minimum absolute atomic E-state index is 0.0103. The first kappa shape index (κ1) is 11.6. The van der Waals surface area contributed by atoms with Crippen LogP contribution in [0, 0.1) is 0 Å². The number of fused-ring (bicyclic) bond motifs is 1. The van der Waals surface area contributed by atoms with E-state index in [1.54, 1.807) is 11.3 Å². The largest absolute Gasteiger partial charge is 0.392 e. The maximum Gasteiger partial charge on any atom is 0.173 e. The predicted molar refractivity (Wildman–Crippen MR) is 76.2 cm³/mol. The molecule has 6 heteroatoms. The van der Waals surface area contributed by atoms with Gasteiger partial charge in [0.2, 0.25) is 0 Å². The van der Waals surface area contributed by atoms with Crippen molar-refractivity contribution in [3.8, 4) is 10.7 Å². The number of rotatable bonds is 3. The number of nitrogens with one attached hydrogen (secondary N) is 1. The fourth-order valence-electron chi connectivity index (χ4n) is 1.81. The van der Waals surface area contributed by atoms with Gasteiger partial charge in [-0.05, 0) is 16.8 Å². The maximum absolute atomic E-state index is 9.32. The lowest BCUT2D eigenvalue weighted by atomic mass is 10.2. The predicted octanol–water partition coefficient (Wildman–Crippen LogP) is 2.95. The summed E-state index contributed by atoms with van der Waals surface area (Å²) in [4.78, 5) is 11.0. The molecule has 0 aliphatic rings. The molecule has 0 atom stereocenters. The molecule has 0 aromatic carbocycles. The Bertz CT molecular complexity index is 676. The molecule has 0 saturated carbocycles. The van der Waals surface area contributed by atoms with Crippen LogP contribution in [0.15, 0.2) is 22.9 Å². The van der Waals surface area contributed by atoms with Crippen molar-refractivity contribution in [2.45, 2.75) is 6.61 Å². The van der Waals surface area contributed by atoms with Gasteiger partial charge in [-0.2, -0.15) is 0 Å². The summed E-state index contributed by atoms with van der Waals surface area (Å²) in [5.41, 5.74) is 0.872. The van der Waals surface area contributed by atoms with Crippen LogP contribution in [0.2, 0.25) is 0 Å². The van der Waals surface area contributed by atoms with Crippen molar-refractivity contribution in [1.29, 1.82) is 0 Å². The Hall–Kier alpha value is -1.50. The molecule has 0 radical (unpaired) electrons. The van der Waals surface area contributed by atoms with E-state index < -0.39 is 0 Å². The van der Waals surface area contributed by atoms with E-state index in [2.05, 4.69) is 15.3 Å². The van der Waals surface area contributed by atoms with Crippen LogP contribution in [0.25, 0.3) is 20.9 Å². The lowest BCUT2D eigenvalue weighted by molar-refractivity contribution is 0.284. The summed E-state index contributed by atoms with van der Waals surface area (Å²) in [6.45, 7) is 0.0103. The standard InChI is InChI=1S/C12H11N3OS2/c1-13-11-9-7(5-16)6-18-12(9)15-10(14-11)8-3-2-4-17-8/h2-4,6,16H,5H2,1H3,(H,13,14,15). The molecule has 3 aromatic heterocycles. The highest BCUT2D eigenvalue weighted by atomic mass is 32.1. The molecule has 3 aromatic rings. The van der Waals surface area contributed by atoms with Crippen molar-refractivity contribution in [2.24, 2.45) is 0 Å². The quantitative estimate of drug-likeness (QED) is 0.773. The summed E-state index contributed by atoms with van der Waals surface area (Å²) in [6.07, 6.45) is 0. The summed E-state index contributed by atoms with van der Waals surface area (Å²) in [5.74, 6) is 1.50. The van der Waals surface area contributed by atoms with Gasteiger partial charge in [0.15, 0.2) is 5.82 Å². The van der Waals surface area contributed by atoms with E-state index in [4.69, 9.17) is 0 Å². The molecule has 0 aliphatic carbocycles. The smallest absolute Gasteiger partial charge is 0.173 e. The van der Waals surface area contributed by atoms with Gasteiger partial charge in [0, 0.05) is 12.6 Å². The van der Waals surface area contributed by atoms with Crippen LogP contribution < -0.4 is 5.32 Å². The van der Waals surface area contributed by atoms with Crippen LogP contribution in [0.4, 0.5) is 5.82 Å². The topological polar surface area (TPSA) is 58.0 Å². The average molecular weight is 277 g/mol. The van der Waals surface area contributed by atoms with Crippen LogP contribution >= 0.6 is 22.7 Å². The Morgan fingerprint density at radius 1 is 1.33 bits per heavy atom. The van der Waals surface area contributed by atoms with E-state index in [-0.39, 0.29) is 6.61 Å². The first-order valence-electron chi connectivity index (χ1n) is 5.44. The lowest BCUT2D eigenvalue weighted by Crippen LogP contribution is -1.98. The third-order valence-corrected chi connectivity index (χ3v) is 4.45. The number of nitrogens with zero attached hydrogens (tertiary/aromatic N) is 2. The first-order chi connectivity index (χ1) is 8.83. The summed E-state index contributed by atoms with van der Waals surface area (Å²) < 4.78 is 0. The van der Waals surface area contributed by atoms with Crippen LogP contribution in [-0.4, -0.2) is 22.1 Å². The molecule has 4 nitrogen and oxygen atoms in total. The number of hydrogen-bond acceptors (Lipinski definition) is 6. The molecule has 0 saturated heterocycles. The van der Waals surface area contributed by atoms with Gasteiger partial charge in [-0.1, -0.05) is 6.07 Å². The molecule has 0 bridgehead atoms. The molecule has 18 heavy (non-hydrogen) atoms. The van der Waals surface area contributed by atoms with Gasteiger partial charge in [0.1, 0.15) is 10.6 Å². The van der Waals surface area contributed by atoms with Crippen molar-refractivity contribution in [2.75, 3.05) is 12.4 Å². The van der Waals surface area contributed by atoms with E-state index in [1.807, 2.05) is 29.9 Å². The van der Waals surface area contributed by atoms with Crippen molar-refractivity contribution < 1.29 is 5.11 Å². The van der Waals surface area contributed by atoms with Gasteiger partial charge < -0.3 is 10.4 Å². The molecule has 0 amide bonds. The number of thiophene rings is 2. The molecule has 0 spiro atoms. The van der Waals surface area contributed by atoms with E-state index in [9.17, 15) is 5.11 Å². The monoisotopic (exact) mass is 277 g/mol. The molecule has 0 fully saturated rings. The van der Waals surface area contributed by atoms with E-state index in [0.29, 0.717) is 0 Å². The van der Waals surface area contributed by atoms with Gasteiger partial charge >= 0.3 is 0 Å². The zero-order valence-corrected chi connectivity index (χ0v) is 11.3. The summed E-state index contributed by atoms with van der Waals surface area (Å²) >= 11 is 3.15. The van der Waals surface area contributed by atoms with Crippen molar-refractivity contribution in [3.63, 3.8) is 0 Å². The summed E-state index contributed by atoms with van der Waals surface area (Å²) in [6, 6.07) is 3.99. The molecule has 3 rings (SSSR count). The molecule has 92 valence electrons. The Morgan fingerprint density at radius 3 is 2.89 bits per heavy atom. The van der Waals surface area contributed by atoms with Gasteiger partial charge in [-0.3, -0.25) is 0 Å². The Labute approximate surface area is 112 Å². The Balaban J connectivity index is 2.26. The van der Waals surface area contributed by atoms with E-state index in [1.165, 1.54) is 11.3 Å². The number of aliphatic hydroxyl groups is 1. The summed E-state index contributed by atoms with van der Waals surface area (Å²) in [5, 5.41) is 17.3. The van der Waals surface area contributed by atoms with Gasteiger partial charge in [-0.15, -0.1) is 22.7 Å². The first-order valence-corrected chi connectivity index (χ1v) is 7.20. The molecule has 0 unspecified atom stereocenters. The molecule has 0 aliphatic heterocycles. The Morgan fingerprint density at radius 2 is 2.22 bits per heavy atom. The highest BCUT2D eigenvalue weighted by Gasteiger charge is 2.13. The van der Waals surface area contributed by atoms with Crippen LogP contribution in [-0.2, 0) is 6.61 Å². The maximum atomic E-state index is 9.32. The third-order valence-electron chi connectivity index (χ3n) is 2.66. The summed E-state index contributed by atoms with van der Waals surface area (Å²) in [7, 11) is 1.83. The third kappa shape index (κ3) is 1.78. The minimum Gasteiger partial charge on any atom is -0.392 e.